The van der Waals surface area contributed by atoms with Crippen molar-refractivity contribution < 1.29 is 9.53 Å². The third-order valence-electron chi connectivity index (χ3n) is 2.22. The van der Waals surface area contributed by atoms with Crippen LogP contribution < -0.4 is 5.73 Å². The summed E-state index contributed by atoms with van der Waals surface area (Å²) < 4.78 is 6.51. The molecule has 1 rings (SSSR count). The Morgan fingerprint density at radius 2 is 2.20 bits per heavy atom. The predicted octanol–water partition coefficient (Wildman–Crippen LogP) is 1.40. The molecule has 1 aromatic rings. The van der Waals surface area contributed by atoms with Crippen LogP contribution in [-0.4, -0.2) is 22.6 Å². The Balaban J connectivity index is 3.35. The van der Waals surface area contributed by atoms with Crippen molar-refractivity contribution in [3.05, 3.63) is 11.5 Å². The van der Waals surface area contributed by atoms with Crippen molar-refractivity contribution >= 4 is 11.8 Å². The molecule has 0 amide bonds. The summed E-state index contributed by atoms with van der Waals surface area (Å²) in [6.07, 6.45) is 0.735. The second-order valence-electron chi connectivity index (χ2n) is 3.57. The van der Waals surface area contributed by atoms with E-state index >= 15 is 0 Å². The lowest BCUT2D eigenvalue weighted by atomic mass is 10.3. The Kier molecular flexibility index (Phi) is 3.34. The van der Waals surface area contributed by atoms with Crippen LogP contribution in [0.15, 0.2) is 0 Å². The van der Waals surface area contributed by atoms with Crippen molar-refractivity contribution in [1.29, 1.82) is 0 Å². The molecule has 0 aromatic carbocycles. The Labute approximate surface area is 89.2 Å². The Morgan fingerprint density at radius 3 is 2.60 bits per heavy atom. The summed E-state index contributed by atoms with van der Waals surface area (Å²) in [5.74, 6) is 0.615. The number of esters is 1. The molecule has 0 aliphatic heterocycles. The largest absolute Gasteiger partial charge is 0.464 e. The quantitative estimate of drug-likeness (QED) is 0.767. The average molecular weight is 211 g/mol. The second-order valence-corrected chi connectivity index (χ2v) is 3.57. The van der Waals surface area contributed by atoms with Crippen LogP contribution in [0.5, 0.6) is 0 Å². The summed E-state index contributed by atoms with van der Waals surface area (Å²) >= 11 is 0. The molecule has 5 nitrogen and oxygen atoms in total. The Morgan fingerprint density at radius 1 is 1.60 bits per heavy atom. The lowest BCUT2D eigenvalue weighted by Crippen LogP contribution is -2.15. The SMILES string of the molecule is CCc1nc(N)c(C(=O)OC)n1C(C)C. The van der Waals surface area contributed by atoms with Gasteiger partial charge in [0, 0.05) is 12.5 Å². The van der Waals surface area contributed by atoms with E-state index in [1.54, 1.807) is 0 Å². The maximum absolute atomic E-state index is 11.5. The molecule has 0 aliphatic rings. The van der Waals surface area contributed by atoms with Gasteiger partial charge in [-0.15, -0.1) is 0 Å². The summed E-state index contributed by atoms with van der Waals surface area (Å²) in [5.41, 5.74) is 6.05. The minimum atomic E-state index is -0.437. The molecule has 0 radical (unpaired) electrons. The van der Waals surface area contributed by atoms with Crippen molar-refractivity contribution in [3.8, 4) is 0 Å². The first-order valence-corrected chi connectivity index (χ1v) is 4.97. The van der Waals surface area contributed by atoms with Crippen molar-refractivity contribution in [2.45, 2.75) is 33.2 Å². The van der Waals surface area contributed by atoms with E-state index in [1.807, 2.05) is 25.3 Å². The standard InChI is InChI=1S/C10H17N3O2/c1-5-7-12-9(11)8(10(14)15-4)13(7)6(2)3/h6H,5,11H2,1-4H3. The second kappa shape index (κ2) is 4.33. The van der Waals surface area contributed by atoms with Crippen LogP contribution in [0.1, 0.15) is 43.1 Å². The van der Waals surface area contributed by atoms with Gasteiger partial charge in [-0.25, -0.2) is 9.78 Å². The highest BCUT2D eigenvalue weighted by Crippen LogP contribution is 2.20. The van der Waals surface area contributed by atoms with Crippen molar-refractivity contribution in [1.82, 2.24) is 9.55 Å². The molecule has 2 N–H and O–H groups in total. The molecule has 15 heavy (non-hydrogen) atoms. The lowest BCUT2D eigenvalue weighted by molar-refractivity contribution is 0.0587. The van der Waals surface area contributed by atoms with Gasteiger partial charge in [-0.1, -0.05) is 6.92 Å². The first kappa shape index (κ1) is 11.6. The number of anilines is 1. The third kappa shape index (κ3) is 1.95. The molecule has 0 unspecified atom stereocenters. The van der Waals surface area contributed by atoms with Gasteiger partial charge in [-0.2, -0.15) is 0 Å². The predicted molar refractivity (Wildman–Crippen MR) is 57.7 cm³/mol. The summed E-state index contributed by atoms with van der Waals surface area (Å²) in [7, 11) is 1.34. The van der Waals surface area contributed by atoms with Crippen LogP contribution in [-0.2, 0) is 11.2 Å². The number of nitrogens with zero attached hydrogens (tertiary/aromatic N) is 2. The number of nitrogen functional groups attached to an aromatic ring is 1. The Hall–Kier alpha value is -1.52. The van der Waals surface area contributed by atoms with Gasteiger partial charge < -0.3 is 15.0 Å². The van der Waals surface area contributed by atoms with E-state index in [-0.39, 0.29) is 11.9 Å². The van der Waals surface area contributed by atoms with Crippen LogP contribution >= 0.6 is 0 Å². The van der Waals surface area contributed by atoms with Crippen LogP contribution in [0.25, 0.3) is 0 Å². The van der Waals surface area contributed by atoms with Crippen molar-refractivity contribution in [3.63, 3.8) is 0 Å². The summed E-state index contributed by atoms with van der Waals surface area (Å²) in [6.45, 7) is 5.93. The van der Waals surface area contributed by atoms with Gasteiger partial charge in [0.1, 0.15) is 5.82 Å². The zero-order valence-electron chi connectivity index (χ0n) is 9.57. The molecule has 0 bridgehead atoms. The topological polar surface area (TPSA) is 70.1 Å². The van der Waals surface area contributed by atoms with E-state index in [2.05, 4.69) is 9.72 Å². The number of hydrogen-bond acceptors (Lipinski definition) is 4. The number of rotatable bonds is 3. The fourth-order valence-electron chi connectivity index (χ4n) is 1.60. The third-order valence-corrected chi connectivity index (χ3v) is 2.22. The minimum absolute atomic E-state index is 0.138. The number of methoxy groups -OCH3 is 1. The highest BCUT2D eigenvalue weighted by molar-refractivity contribution is 5.92. The van der Waals surface area contributed by atoms with E-state index in [4.69, 9.17) is 5.73 Å². The number of imidazole rings is 1. The monoisotopic (exact) mass is 211 g/mol. The highest BCUT2D eigenvalue weighted by Gasteiger charge is 2.22. The van der Waals surface area contributed by atoms with Gasteiger partial charge >= 0.3 is 5.97 Å². The maximum Gasteiger partial charge on any atom is 0.358 e. The van der Waals surface area contributed by atoms with Gasteiger partial charge in [-0.3, -0.25) is 0 Å². The van der Waals surface area contributed by atoms with E-state index in [9.17, 15) is 4.79 Å². The lowest BCUT2D eigenvalue weighted by Gasteiger charge is -2.13. The van der Waals surface area contributed by atoms with E-state index in [1.165, 1.54) is 7.11 Å². The fourth-order valence-corrected chi connectivity index (χ4v) is 1.60. The molecule has 0 saturated carbocycles. The summed E-state index contributed by atoms with van der Waals surface area (Å²) in [5, 5.41) is 0. The molecule has 0 spiro atoms. The molecular formula is C10H17N3O2. The number of aromatic nitrogens is 2. The normalized spacial score (nSPS) is 10.7. The Bertz CT molecular complexity index is 369. The zero-order chi connectivity index (χ0) is 11.6. The number of nitrogens with two attached hydrogens (primary N) is 1. The van der Waals surface area contributed by atoms with Gasteiger partial charge in [0.15, 0.2) is 11.5 Å². The molecule has 0 atom stereocenters. The van der Waals surface area contributed by atoms with Crippen molar-refractivity contribution in [2.75, 3.05) is 12.8 Å². The maximum atomic E-state index is 11.5. The summed E-state index contributed by atoms with van der Waals surface area (Å²) in [6, 6.07) is 0.138. The molecule has 1 heterocycles. The molecule has 0 saturated heterocycles. The van der Waals surface area contributed by atoms with E-state index < -0.39 is 5.97 Å². The number of carbonyl (C=O) groups is 1. The van der Waals surface area contributed by atoms with Crippen LogP contribution in [0, 0.1) is 0 Å². The van der Waals surface area contributed by atoms with E-state index in [0.717, 1.165) is 12.2 Å². The molecule has 84 valence electrons. The molecular weight excluding hydrogens is 194 g/mol. The van der Waals surface area contributed by atoms with Gasteiger partial charge in [0.2, 0.25) is 0 Å². The molecule has 5 heteroatoms. The highest BCUT2D eigenvalue weighted by atomic mass is 16.5. The van der Waals surface area contributed by atoms with Gasteiger partial charge in [0.25, 0.3) is 0 Å². The number of hydrogen-bond donors (Lipinski definition) is 1. The smallest absolute Gasteiger partial charge is 0.358 e. The minimum Gasteiger partial charge on any atom is -0.464 e. The fraction of sp³-hybridized carbons (Fsp3) is 0.600. The first-order chi connectivity index (χ1) is 7.02. The van der Waals surface area contributed by atoms with Crippen LogP contribution in [0.2, 0.25) is 0 Å². The molecule has 0 fully saturated rings. The van der Waals surface area contributed by atoms with Crippen molar-refractivity contribution in [2.24, 2.45) is 0 Å². The van der Waals surface area contributed by atoms with Crippen LogP contribution in [0.3, 0.4) is 0 Å². The van der Waals surface area contributed by atoms with Crippen LogP contribution in [0.4, 0.5) is 5.82 Å². The average Bonchev–Trinajstić information content (AvgIpc) is 2.54. The number of ether oxygens (including phenoxy) is 1. The van der Waals surface area contributed by atoms with E-state index in [0.29, 0.717) is 5.69 Å². The molecule has 0 aliphatic carbocycles. The zero-order valence-corrected chi connectivity index (χ0v) is 9.57. The van der Waals surface area contributed by atoms with Gasteiger partial charge in [-0.05, 0) is 13.8 Å². The van der Waals surface area contributed by atoms with Gasteiger partial charge in [0.05, 0.1) is 7.11 Å². The molecule has 1 aromatic heterocycles. The number of carbonyl (C=O) groups excluding carboxylic acids is 1. The first-order valence-electron chi connectivity index (χ1n) is 4.97. The summed E-state index contributed by atoms with van der Waals surface area (Å²) in [4.78, 5) is 15.7. The number of aryl methyl sites for hydroxylation is 1.